The average Bonchev–Trinajstić information content (AvgIpc) is 2.65. The Morgan fingerprint density at radius 3 is 2.54 bits per heavy atom. The highest BCUT2D eigenvalue weighted by atomic mass is 19.1. The molecule has 0 aromatic heterocycles. The summed E-state index contributed by atoms with van der Waals surface area (Å²) >= 11 is 0. The van der Waals surface area contributed by atoms with Crippen molar-refractivity contribution in [2.24, 2.45) is 0 Å². The number of hydrogen-bond donors (Lipinski definition) is 0. The molecule has 26 heavy (non-hydrogen) atoms. The number of rotatable bonds is 5. The number of benzene rings is 2. The predicted octanol–water partition coefficient (Wildman–Crippen LogP) is 2.94. The SMILES string of the molecule is Cc1cccc(CN2C(=O)CN(CCc3ccccc3)C(=O)[C@@H]2C)c1F. The Bertz CT molecular complexity index is 807. The summed E-state index contributed by atoms with van der Waals surface area (Å²) in [6.45, 7) is 4.07. The van der Waals surface area contributed by atoms with Crippen LogP contribution in [0.4, 0.5) is 4.39 Å². The van der Waals surface area contributed by atoms with Crippen LogP contribution in [0.3, 0.4) is 0 Å². The van der Waals surface area contributed by atoms with Crippen LogP contribution in [-0.4, -0.2) is 40.7 Å². The zero-order chi connectivity index (χ0) is 18.7. The lowest BCUT2D eigenvalue weighted by atomic mass is 10.1. The van der Waals surface area contributed by atoms with E-state index in [9.17, 15) is 14.0 Å². The average molecular weight is 354 g/mol. The molecule has 1 aliphatic rings. The van der Waals surface area contributed by atoms with Gasteiger partial charge >= 0.3 is 0 Å². The largest absolute Gasteiger partial charge is 0.331 e. The van der Waals surface area contributed by atoms with Crippen molar-refractivity contribution in [2.45, 2.75) is 32.9 Å². The second kappa shape index (κ2) is 7.68. The van der Waals surface area contributed by atoms with Gasteiger partial charge in [0.2, 0.25) is 11.8 Å². The maximum Gasteiger partial charge on any atom is 0.245 e. The number of piperazine rings is 1. The van der Waals surface area contributed by atoms with Crippen molar-refractivity contribution in [1.29, 1.82) is 0 Å². The molecule has 0 radical (unpaired) electrons. The van der Waals surface area contributed by atoms with Crippen LogP contribution in [0.25, 0.3) is 0 Å². The summed E-state index contributed by atoms with van der Waals surface area (Å²) in [5.41, 5.74) is 2.11. The third-order valence-electron chi connectivity index (χ3n) is 4.91. The standard InChI is InChI=1S/C21H23FN2O2/c1-15-7-6-10-18(20(15)22)13-24-16(2)21(26)23(14-19(24)25)12-11-17-8-4-3-5-9-17/h3-10,16H,11-14H2,1-2H3/t16-/m0/s1. The van der Waals surface area contributed by atoms with Crippen LogP contribution in [0.1, 0.15) is 23.6 Å². The Balaban J connectivity index is 1.68. The van der Waals surface area contributed by atoms with Gasteiger partial charge in [-0.3, -0.25) is 9.59 Å². The summed E-state index contributed by atoms with van der Waals surface area (Å²) in [6.07, 6.45) is 0.707. The molecule has 136 valence electrons. The molecule has 2 amide bonds. The Morgan fingerprint density at radius 2 is 1.81 bits per heavy atom. The lowest BCUT2D eigenvalue weighted by Crippen LogP contribution is -2.58. The molecule has 0 bridgehead atoms. The zero-order valence-electron chi connectivity index (χ0n) is 15.1. The molecule has 0 aliphatic carbocycles. The van der Waals surface area contributed by atoms with Crippen LogP contribution < -0.4 is 0 Å². The molecule has 0 N–H and O–H groups in total. The lowest BCUT2D eigenvalue weighted by molar-refractivity contribution is -0.155. The van der Waals surface area contributed by atoms with Gasteiger partial charge in [0.05, 0.1) is 6.54 Å². The molecule has 3 rings (SSSR count). The van der Waals surface area contributed by atoms with E-state index in [4.69, 9.17) is 0 Å². The molecule has 2 aromatic carbocycles. The molecule has 5 heteroatoms. The third kappa shape index (κ3) is 3.77. The first-order valence-electron chi connectivity index (χ1n) is 8.83. The highest BCUT2D eigenvalue weighted by Gasteiger charge is 2.36. The molecule has 1 saturated heterocycles. The van der Waals surface area contributed by atoms with E-state index in [2.05, 4.69) is 0 Å². The van der Waals surface area contributed by atoms with Gasteiger partial charge < -0.3 is 9.80 Å². The van der Waals surface area contributed by atoms with Gasteiger partial charge in [0, 0.05) is 18.7 Å². The molecule has 1 fully saturated rings. The Hall–Kier alpha value is -2.69. The van der Waals surface area contributed by atoms with Crippen molar-refractivity contribution < 1.29 is 14.0 Å². The van der Waals surface area contributed by atoms with Crippen molar-refractivity contribution in [3.05, 3.63) is 71.0 Å². The van der Waals surface area contributed by atoms with Gasteiger partial charge in [-0.05, 0) is 31.4 Å². The Morgan fingerprint density at radius 1 is 1.08 bits per heavy atom. The predicted molar refractivity (Wildman–Crippen MR) is 97.9 cm³/mol. The van der Waals surface area contributed by atoms with Gasteiger partial charge in [-0.15, -0.1) is 0 Å². The van der Waals surface area contributed by atoms with Gasteiger partial charge in [0.1, 0.15) is 11.9 Å². The summed E-state index contributed by atoms with van der Waals surface area (Å²) in [5.74, 6) is -0.550. The van der Waals surface area contributed by atoms with Crippen LogP contribution in [0.5, 0.6) is 0 Å². The first kappa shape index (κ1) is 18.1. The van der Waals surface area contributed by atoms with Crippen molar-refractivity contribution in [3.63, 3.8) is 0 Å². The van der Waals surface area contributed by atoms with Gasteiger partial charge in [0.25, 0.3) is 0 Å². The highest BCUT2D eigenvalue weighted by molar-refractivity contribution is 5.94. The number of aryl methyl sites for hydroxylation is 1. The number of nitrogens with zero attached hydrogens (tertiary/aromatic N) is 2. The van der Waals surface area contributed by atoms with E-state index < -0.39 is 6.04 Å². The van der Waals surface area contributed by atoms with Crippen LogP contribution in [-0.2, 0) is 22.6 Å². The molecular formula is C21H23FN2O2. The minimum Gasteiger partial charge on any atom is -0.331 e. The van der Waals surface area contributed by atoms with Gasteiger partial charge in [-0.1, -0.05) is 48.5 Å². The quantitative estimate of drug-likeness (QED) is 0.828. The number of hydrogen-bond acceptors (Lipinski definition) is 2. The van der Waals surface area contributed by atoms with Crippen molar-refractivity contribution in [3.8, 4) is 0 Å². The summed E-state index contributed by atoms with van der Waals surface area (Å²) < 4.78 is 14.3. The molecule has 1 aliphatic heterocycles. The van der Waals surface area contributed by atoms with Crippen LogP contribution in [0.2, 0.25) is 0 Å². The second-order valence-corrected chi connectivity index (χ2v) is 6.74. The maximum absolute atomic E-state index is 14.3. The second-order valence-electron chi connectivity index (χ2n) is 6.74. The molecule has 0 spiro atoms. The minimum atomic E-state index is -0.591. The number of carbonyl (C=O) groups excluding carboxylic acids is 2. The summed E-state index contributed by atoms with van der Waals surface area (Å²) in [4.78, 5) is 28.3. The topological polar surface area (TPSA) is 40.6 Å². The van der Waals surface area contributed by atoms with E-state index in [0.717, 1.165) is 5.56 Å². The van der Waals surface area contributed by atoms with Gasteiger partial charge in [-0.25, -0.2) is 4.39 Å². The van der Waals surface area contributed by atoms with Gasteiger partial charge in [-0.2, -0.15) is 0 Å². The lowest BCUT2D eigenvalue weighted by Gasteiger charge is -2.39. The molecule has 0 unspecified atom stereocenters. The fourth-order valence-electron chi connectivity index (χ4n) is 3.28. The zero-order valence-corrected chi connectivity index (χ0v) is 15.1. The first-order valence-corrected chi connectivity index (χ1v) is 8.83. The van der Waals surface area contributed by atoms with Crippen molar-refractivity contribution in [2.75, 3.05) is 13.1 Å². The highest BCUT2D eigenvalue weighted by Crippen LogP contribution is 2.20. The smallest absolute Gasteiger partial charge is 0.245 e. The summed E-state index contributed by atoms with van der Waals surface area (Å²) in [5, 5.41) is 0. The van der Waals surface area contributed by atoms with E-state index in [1.165, 1.54) is 4.90 Å². The number of amides is 2. The van der Waals surface area contributed by atoms with Crippen LogP contribution >= 0.6 is 0 Å². The molecular weight excluding hydrogens is 331 g/mol. The van der Waals surface area contributed by atoms with E-state index >= 15 is 0 Å². The van der Waals surface area contributed by atoms with E-state index in [1.807, 2.05) is 30.3 Å². The molecule has 2 aromatic rings. The normalized spacial score (nSPS) is 17.7. The van der Waals surface area contributed by atoms with E-state index in [-0.39, 0.29) is 30.7 Å². The maximum atomic E-state index is 14.3. The van der Waals surface area contributed by atoms with E-state index in [1.54, 1.807) is 36.9 Å². The fourth-order valence-corrected chi connectivity index (χ4v) is 3.28. The van der Waals surface area contributed by atoms with Crippen molar-refractivity contribution >= 4 is 11.8 Å². The summed E-state index contributed by atoms with van der Waals surface area (Å²) in [6, 6.07) is 14.4. The van der Waals surface area contributed by atoms with E-state index in [0.29, 0.717) is 24.1 Å². The summed E-state index contributed by atoms with van der Waals surface area (Å²) in [7, 11) is 0. The molecule has 4 nitrogen and oxygen atoms in total. The first-order chi connectivity index (χ1) is 12.5. The molecule has 0 saturated carbocycles. The Kier molecular flexibility index (Phi) is 5.35. The monoisotopic (exact) mass is 354 g/mol. The molecule has 1 atom stereocenters. The van der Waals surface area contributed by atoms with Crippen molar-refractivity contribution in [1.82, 2.24) is 9.80 Å². The minimum absolute atomic E-state index is 0.0451. The van der Waals surface area contributed by atoms with Crippen LogP contribution in [0.15, 0.2) is 48.5 Å². The van der Waals surface area contributed by atoms with Gasteiger partial charge in [0.15, 0.2) is 0 Å². The number of halogens is 1. The third-order valence-corrected chi connectivity index (χ3v) is 4.91. The molecule has 1 heterocycles. The fraction of sp³-hybridized carbons (Fsp3) is 0.333. The Labute approximate surface area is 153 Å². The number of carbonyl (C=O) groups is 2. The van der Waals surface area contributed by atoms with Crippen LogP contribution in [0, 0.1) is 12.7 Å².